The topological polar surface area (TPSA) is 111 Å². The zero-order valence-corrected chi connectivity index (χ0v) is 18.7. The molecule has 1 heterocycles. The Morgan fingerprint density at radius 1 is 1.21 bits per heavy atom. The Hall–Kier alpha value is -2.69. The van der Waals surface area contributed by atoms with E-state index in [-0.39, 0.29) is 46.4 Å². The molecule has 4 atom stereocenters. The summed E-state index contributed by atoms with van der Waals surface area (Å²) in [5.74, 6) is -1.08. The van der Waals surface area contributed by atoms with Gasteiger partial charge in [-0.25, -0.2) is 17.6 Å². The number of benzene rings is 2. The van der Waals surface area contributed by atoms with Crippen LogP contribution in [-0.2, 0) is 19.5 Å². The quantitative estimate of drug-likeness (QED) is 0.420. The predicted molar refractivity (Wildman–Crippen MR) is 116 cm³/mol. The van der Waals surface area contributed by atoms with Crippen LogP contribution in [0, 0.1) is 17.7 Å². The normalized spacial score (nSPS) is 24.9. The van der Waals surface area contributed by atoms with Gasteiger partial charge in [0, 0.05) is 13.0 Å². The van der Waals surface area contributed by atoms with Gasteiger partial charge in [0.15, 0.2) is 0 Å². The van der Waals surface area contributed by atoms with Crippen LogP contribution in [0.4, 0.5) is 10.1 Å². The second-order valence-electron chi connectivity index (χ2n) is 8.79. The van der Waals surface area contributed by atoms with Crippen LogP contribution in [0.1, 0.15) is 46.2 Å². The fourth-order valence-electron chi connectivity index (χ4n) is 4.70. The zero-order valence-electron chi connectivity index (χ0n) is 17.9. The lowest BCUT2D eigenvalue weighted by Crippen LogP contribution is -2.20. The average molecular weight is 478 g/mol. The number of ether oxygens (including phenoxy) is 3. The number of carbonyl (C=O) groups is 1. The highest BCUT2D eigenvalue weighted by Gasteiger charge is 2.46. The Bertz CT molecular complexity index is 1220. The lowest BCUT2D eigenvalue weighted by atomic mass is 10.0. The number of hydrogen-bond acceptors (Lipinski definition) is 6. The fourth-order valence-corrected chi connectivity index (χ4v) is 6.03. The van der Waals surface area contributed by atoms with Gasteiger partial charge in [0.1, 0.15) is 23.9 Å². The molecule has 0 spiro atoms. The highest BCUT2D eigenvalue weighted by Crippen LogP contribution is 2.55. The Morgan fingerprint density at radius 2 is 2.03 bits per heavy atom. The second-order valence-corrected chi connectivity index (χ2v) is 10.4. The Balaban J connectivity index is 1.46. The first-order chi connectivity index (χ1) is 15.8. The van der Waals surface area contributed by atoms with Crippen molar-refractivity contribution in [2.24, 2.45) is 11.8 Å². The first-order valence-electron chi connectivity index (χ1n) is 10.7. The van der Waals surface area contributed by atoms with Crippen LogP contribution in [-0.4, -0.2) is 46.6 Å². The van der Waals surface area contributed by atoms with Crippen LogP contribution >= 0.6 is 0 Å². The summed E-state index contributed by atoms with van der Waals surface area (Å²) in [5.41, 5.74) is 0.861. The summed E-state index contributed by atoms with van der Waals surface area (Å²) < 4.78 is 59.0. The summed E-state index contributed by atoms with van der Waals surface area (Å²) in [7, 11) is -2.69. The molecule has 1 aliphatic heterocycles. The first kappa shape index (κ1) is 22.1. The number of halogens is 1. The highest BCUT2D eigenvalue weighted by atomic mass is 32.2. The molecular weight excluding hydrogens is 453 g/mol. The number of carboxylic acids is 1. The van der Waals surface area contributed by atoms with Gasteiger partial charge < -0.3 is 19.3 Å². The minimum Gasteiger partial charge on any atom is -0.492 e. The smallest absolute Gasteiger partial charge is 0.341 e. The molecule has 33 heavy (non-hydrogen) atoms. The first-order valence-corrected chi connectivity index (χ1v) is 12.2. The van der Waals surface area contributed by atoms with Crippen molar-refractivity contribution in [2.75, 3.05) is 31.8 Å². The molecule has 176 valence electrons. The maximum atomic E-state index is 14.0. The molecule has 8 nitrogen and oxygen atoms in total. The molecular formula is C23H24FNO7S. The number of methoxy groups -OCH3 is 1. The molecule has 2 aromatic rings. The van der Waals surface area contributed by atoms with Gasteiger partial charge in [-0.1, -0.05) is 6.07 Å². The Morgan fingerprint density at radius 3 is 2.79 bits per heavy atom. The molecule has 2 unspecified atom stereocenters. The van der Waals surface area contributed by atoms with E-state index in [0.29, 0.717) is 31.1 Å². The maximum Gasteiger partial charge on any atom is 0.341 e. The molecule has 10 heteroatoms. The van der Waals surface area contributed by atoms with Gasteiger partial charge in [-0.05, 0) is 66.0 Å². The van der Waals surface area contributed by atoms with Crippen molar-refractivity contribution in [3.8, 4) is 5.75 Å². The third-order valence-electron chi connectivity index (χ3n) is 6.53. The van der Waals surface area contributed by atoms with E-state index in [1.807, 2.05) is 0 Å². The van der Waals surface area contributed by atoms with Gasteiger partial charge in [0.05, 0.1) is 23.8 Å². The molecule has 0 radical (unpaired) electrons. The number of aromatic carboxylic acids is 1. The van der Waals surface area contributed by atoms with E-state index >= 15 is 0 Å². The number of rotatable bonds is 9. The minimum atomic E-state index is -4.20. The molecule has 0 saturated heterocycles. The van der Waals surface area contributed by atoms with Crippen molar-refractivity contribution in [3.05, 3.63) is 52.8 Å². The molecule has 2 fully saturated rings. The van der Waals surface area contributed by atoms with Gasteiger partial charge in [-0.2, -0.15) is 0 Å². The number of fused-ring (bicyclic) bond motifs is 3. The van der Waals surface area contributed by atoms with Crippen molar-refractivity contribution >= 4 is 21.7 Å². The van der Waals surface area contributed by atoms with Gasteiger partial charge in [0.2, 0.25) is 0 Å². The number of nitrogens with one attached hydrogen (secondary N) is 1. The Labute approximate surface area is 190 Å². The van der Waals surface area contributed by atoms with Crippen molar-refractivity contribution < 1.29 is 36.9 Å². The van der Waals surface area contributed by atoms with E-state index < -0.39 is 21.8 Å². The maximum absolute atomic E-state index is 14.0. The third kappa shape index (κ3) is 4.18. The number of carboxylic acid groups (broad SMARTS) is 1. The van der Waals surface area contributed by atoms with Crippen LogP contribution in [0.3, 0.4) is 0 Å². The molecule has 5 rings (SSSR count). The molecule has 3 aliphatic rings. The summed E-state index contributed by atoms with van der Waals surface area (Å²) in [6.45, 7) is 0.916. The molecule has 2 saturated carbocycles. The van der Waals surface area contributed by atoms with E-state index in [1.165, 1.54) is 25.3 Å². The third-order valence-corrected chi connectivity index (χ3v) is 7.97. The van der Waals surface area contributed by atoms with E-state index in [2.05, 4.69) is 4.72 Å². The SMILES string of the molecule is COCOCC1CC1c1cc(F)ccc1S(=O)(=O)Nc1ccc2c(c1C(=O)O)OC[C@@H]1C[C@H]21. The molecule has 0 bridgehead atoms. The second kappa shape index (κ2) is 8.27. The number of hydrogen-bond donors (Lipinski definition) is 2. The molecule has 0 aromatic heterocycles. The van der Waals surface area contributed by atoms with Gasteiger partial charge >= 0.3 is 5.97 Å². The van der Waals surface area contributed by atoms with Crippen LogP contribution in [0.25, 0.3) is 0 Å². The van der Waals surface area contributed by atoms with Crippen LogP contribution < -0.4 is 9.46 Å². The van der Waals surface area contributed by atoms with Crippen LogP contribution in [0.15, 0.2) is 35.2 Å². The fraction of sp³-hybridized carbons (Fsp3) is 0.435. The largest absolute Gasteiger partial charge is 0.492 e. The predicted octanol–water partition coefficient (Wildman–Crippen LogP) is 3.54. The Kier molecular flexibility index (Phi) is 5.54. The summed E-state index contributed by atoms with van der Waals surface area (Å²) >= 11 is 0. The molecule has 0 amide bonds. The minimum absolute atomic E-state index is 0.0501. The van der Waals surface area contributed by atoms with Gasteiger partial charge in [0.25, 0.3) is 10.0 Å². The number of anilines is 1. The lowest BCUT2D eigenvalue weighted by Gasteiger charge is -2.21. The van der Waals surface area contributed by atoms with Crippen LogP contribution in [0.2, 0.25) is 0 Å². The van der Waals surface area contributed by atoms with E-state index in [0.717, 1.165) is 18.1 Å². The molecule has 2 aromatic carbocycles. The highest BCUT2D eigenvalue weighted by molar-refractivity contribution is 7.92. The van der Waals surface area contributed by atoms with Gasteiger partial charge in [-0.3, -0.25) is 4.72 Å². The molecule has 2 N–H and O–H groups in total. The molecule has 2 aliphatic carbocycles. The monoisotopic (exact) mass is 477 g/mol. The average Bonchev–Trinajstić information content (AvgIpc) is 3.67. The van der Waals surface area contributed by atoms with Crippen molar-refractivity contribution in [2.45, 2.75) is 29.6 Å². The van der Waals surface area contributed by atoms with Crippen molar-refractivity contribution in [1.29, 1.82) is 0 Å². The summed E-state index contributed by atoms with van der Waals surface area (Å²) in [4.78, 5) is 12.0. The summed E-state index contributed by atoms with van der Waals surface area (Å²) in [6.07, 6.45) is 1.60. The standard InChI is InChI=1S/C23H24FNO7S/c1-30-11-31-9-12-6-17(12)18-8-14(24)2-5-20(18)33(28,29)25-19-4-3-15-16-7-13(16)10-32-22(15)21(19)23(26)27/h2-5,8,12-13,16-17,25H,6-7,9-11H2,1H3,(H,26,27)/t12?,13-,16-,17?/m0/s1. The number of sulfonamides is 1. The zero-order chi connectivity index (χ0) is 23.3. The van der Waals surface area contributed by atoms with Gasteiger partial charge in [-0.15, -0.1) is 0 Å². The van der Waals surface area contributed by atoms with E-state index in [4.69, 9.17) is 14.2 Å². The van der Waals surface area contributed by atoms with Crippen LogP contribution in [0.5, 0.6) is 5.75 Å². The van der Waals surface area contributed by atoms with E-state index in [9.17, 15) is 22.7 Å². The van der Waals surface area contributed by atoms with Crippen molar-refractivity contribution in [1.82, 2.24) is 0 Å². The summed E-state index contributed by atoms with van der Waals surface area (Å²) in [5, 5.41) is 9.83. The van der Waals surface area contributed by atoms with E-state index in [1.54, 1.807) is 6.07 Å². The summed E-state index contributed by atoms with van der Waals surface area (Å²) in [6, 6.07) is 6.70. The van der Waals surface area contributed by atoms with Crippen molar-refractivity contribution in [3.63, 3.8) is 0 Å². The lowest BCUT2D eigenvalue weighted by molar-refractivity contribution is -0.0348.